The molecule has 4 nitrogen and oxygen atoms in total. The molecular formula is C15H29N3O. The van der Waals surface area contributed by atoms with Crippen LogP contribution in [-0.2, 0) is 4.79 Å². The van der Waals surface area contributed by atoms with Crippen molar-refractivity contribution in [3.8, 4) is 0 Å². The van der Waals surface area contributed by atoms with Gasteiger partial charge >= 0.3 is 0 Å². The fraction of sp³-hybridized carbons (Fsp3) is 0.933. The van der Waals surface area contributed by atoms with E-state index in [0.29, 0.717) is 12.1 Å². The molecule has 0 saturated carbocycles. The Labute approximate surface area is 117 Å². The Morgan fingerprint density at radius 2 is 2.00 bits per heavy atom. The minimum Gasteiger partial charge on any atom is -0.334 e. The van der Waals surface area contributed by atoms with Gasteiger partial charge in [-0.25, -0.2) is 0 Å². The predicted molar refractivity (Wildman–Crippen MR) is 78.1 cm³/mol. The summed E-state index contributed by atoms with van der Waals surface area (Å²) in [6, 6.07) is 0.997. The molecule has 1 amide bonds. The number of hydrogen-bond acceptors (Lipinski definition) is 3. The summed E-state index contributed by atoms with van der Waals surface area (Å²) in [7, 11) is 0. The Hall–Kier alpha value is -0.610. The Kier molecular flexibility index (Phi) is 4.85. The van der Waals surface area contributed by atoms with Gasteiger partial charge < -0.3 is 15.5 Å². The molecule has 2 aliphatic heterocycles. The van der Waals surface area contributed by atoms with E-state index in [1.54, 1.807) is 6.92 Å². The molecule has 0 aromatic carbocycles. The van der Waals surface area contributed by atoms with Gasteiger partial charge in [-0.15, -0.1) is 0 Å². The molecule has 2 N–H and O–H groups in total. The Bertz CT molecular complexity index is 311. The van der Waals surface area contributed by atoms with Gasteiger partial charge in [0.25, 0.3) is 0 Å². The molecule has 0 radical (unpaired) electrons. The van der Waals surface area contributed by atoms with E-state index >= 15 is 0 Å². The molecule has 1 unspecified atom stereocenters. The van der Waals surface area contributed by atoms with E-state index in [4.69, 9.17) is 0 Å². The Morgan fingerprint density at radius 3 is 2.63 bits per heavy atom. The van der Waals surface area contributed by atoms with Crippen LogP contribution in [0.2, 0.25) is 0 Å². The molecule has 2 rings (SSSR count). The van der Waals surface area contributed by atoms with E-state index < -0.39 is 0 Å². The zero-order valence-electron chi connectivity index (χ0n) is 12.7. The van der Waals surface area contributed by atoms with Gasteiger partial charge in [-0.05, 0) is 59.0 Å². The number of carbonyl (C=O) groups excluding carboxylic acids is 1. The third-order valence-corrected chi connectivity index (χ3v) is 4.66. The zero-order chi connectivity index (χ0) is 13.9. The van der Waals surface area contributed by atoms with Crippen molar-refractivity contribution in [3.63, 3.8) is 0 Å². The summed E-state index contributed by atoms with van der Waals surface area (Å²) in [5.74, 6) is 0.224. The third-order valence-electron chi connectivity index (χ3n) is 4.66. The number of hydrogen-bond donors (Lipinski definition) is 2. The summed E-state index contributed by atoms with van der Waals surface area (Å²) in [5, 5.41) is 7.07. The molecule has 2 saturated heterocycles. The summed E-state index contributed by atoms with van der Waals surface area (Å²) < 4.78 is 0. The van der Waals surface area contributed by atoms with E-state index in [1.165, 1.54) is 19.3 Å². The number of carbonyl (C=O) groups is 1. The Morgan fingerprint density at radius 1 is 1.32 bits per heavy atom. The highest BCUT2D eigenvalue weighted by Crippen LogP contribution is 2.31. The SMILES string of the molecule is CC(=O)N1C(CNC2CCNCC2)CCCC1(C)C. The van der Waals surface area contributed by atoms with E-state index in [1.807, 2.05) is 0 Å². The van der Waals surface area contributed by atoms with Gasteiger partial charge in [-0.2, -0.15) is 0 Å². The van der Waals surface area contributed by atoms with E-state index in [9.17, 15) is 4.79 Å². The summed E-state index contributed by atoms with van der Waals surface area (Å²) in [5.41, 5.74) is 0.0184. The first-order valence-corrected chi connectivity index (χ1v) is 7.75. The molecule has 19 heavy (non-hydrogen) atoms. The maximum Gasteiger partial charge on any atom is 0.220 e. The highest BCUT2D eigenvalue weighted by atomic mass is 16.2. The van der Waals surface area contributed by atoms with Gasteiger partial charge in [-0.3, -0.25) is 4.79 Å². The van der Waals surface area contributed by atoms with Crippen molar-refractivity contribution >= 4 is 5.91 Å². The van der Waals surface area contributed by atoms with Gasteiger partial charge in [0, 0.05) is 31.1 Å². The van der Waals surface area contributed by atoms with Gasteiger partial charge in [0.15, 0.2) is 0 Å². The number of piperidine rings is 2. The molecular weight excluding hydrogens is 238 g/mol. The van der Waals surface area contributed by atoms with E-state index in [2.05, 4.69) is 29.4 Å². The van der Waals surface area contributed by atoms with Crippen molar-refractivity contribution in [3.05, 3.63) is 0 Å². The van der Waals surface area contributed by atoms with E-state index in [-0.39, 0.29) is 11.4 Å². The fourth-order valence-electron chi connectivity index (χ4n) is 3.72. The molecule has 0 aliphatic carbocycles. The summed E-state index contributed by atoms with van der Waals surface area (Å²) in [4.78, 5) is 14.1. The van der Waals surface area contributed by atoms with Crippen LogP contribution in [0, 0.1) is 0 Å². The van der Waals surface area contributed by atoms with Crippen LogP contribution in [0.15, 0.2) is 0 Å². The molecule has 2 aliphatic rings. The van der Waals surface area contributed by atoms with Crippen molar-refractivity contribution in [2.75, 3.05) is 19.6 Å². The normalized spacial score (nSPS) is 28.4. The lowest BCUT2D eigenvalue weighted by Gasteiger charge is -2.48. The van der Waals surface area contributed by atoms with Gasteiger partial charge in [0.2, 0.25) is 5.91 Å². The Balaban J connectivity index is 1.91. The van der Waals surface area contributed by atoms with Crippen LogP contribution < -0.4 is 10.6 Å². The molecule has 0 bridgehead atoms. The van der Waals surface area contributed by atoms with Gasteiger partial charge in [0.1, 0.15) is 0 Å². The average molecular weight is 267 g/mol. The highest BCUT2D eigenvalue weighted by Gasteiger charge is 2.37. The molecule has 4 heteroatoms. The number of nitrogens with one attached hydrogen (secondary N) is 2. The first-order chi connectivity index (χ1) is 9.00. The van der Waals surface area contributed by atoms with Crippen LogP contribution in [0.25, 0.3) is 0 Å². The minimum atomic E-state index is 0.0184. The molecule has 2 fully saturated rings. The maximum absolute atomic E-state index is 12.0. The molecule has 2 heterocycles. The lowest BCUT2D eigenvalue weighted by Crippen LogP contribution is -2.58. The molecule has 1 atom stereocenters. The molecule has 110 valence electrons. The van der Waals surface area contributed by atoms with Crippen molar-refractivity contribution in [1.29, 1.82) is 0 Å². The quantitative estimate of drug-likeness (QED) is 0.814. The summed E-state index contributed by atoms with van der Waals surface area (Å²) in [6.45, 7) is 9.29. The van der Waals surface area contributed by atoms with Crippen LogP contribution in [0.5, 0.6) is 0 Å². The summed E-state index contributed by atoms with van der Waals surface area (Å²) >= 11 is 0. The topological polar surface area (TPSA) is 44.4 Å². The second kappa shape index (κ2) is 6.23. The monoisotopic (exact) mass is 267 g/mol. The highest BCUT2D eigenvalue weighted by molar-refractivity contribution is 5.74. The molecule has 0 spiro atoms. The average Bonchev–Trinajstić information content (AvgIpc) is 2.36. The van der Waals surface area contributed by atoms with Gasteiger partial charge in [-0.1, -0.05) is 0 Å². The second-order valence-corrected chi connectivity index (χ2v) is 6.68. The van der Waals surface area contributed by atoms with Crippen LogP contribution in [0.1, 0.15) is 52.9 Å². The zero-order valence-corrected chi connectivity index (χ0v) is 12.7. The third kappa shape index (κ3) is 3.69. The standard InChI is InChI=1S/C15H29N3O/c1-12(19)18-14(5-4-8-15(18,2)3)11-17-13-6-9-16-10-7-13/h13-14,16-17H,4-11H2,1-3H3. The van der Waals surface area contributed by atoms with Crippen molar-refractivity contribution in [1.82, 2.24) is 15.5 Å². The van der Waals surface area contributed by atoms with Gasteiger partial charge in [0.05, 0.1) is 0 Å². The maximum atomic E-state index is 12.0. The second-order valence-electron chi connectivity index (χ2n) is 6.68. The number of likely N-dealkylation sites (tertiary alicyclic amines) is 1. The summed E-state index contributed by atoms with van der Waals surface area (Å²) in [6.07, 6.45) is 5.90. The molecule has 0 aromatic rings. The van der Waals surface area contributed by atoms with Crippen molar-refractivity contribution < 1.29 is 4.79 Å². The first kappa shape index (κ1) is 14.8. The fourth-order valence-corrected chi connectivity index (χ4v) is 3.72. The lowest BCUT2D eigenvalue weighted by atomic mass is 9.86. The smallest absolute Gasteiger partial charge is 0.220 e. The first-order valence-electron chi connectivity index (χ1n) is 7.75. The lowest BCUT2D eigenvalue weighted by molar-refractivity contribution is -0.140. The van der Waals surface area contributed by atoms with Crippen LogP contribution in [-0.4, -0.2) is 48.1 Å². The van der Waals surface area contributed by atoms with E-state index in [0.717, 1.165) is 32.5 Å². The van der Waals surface area contributed by atoms with Crippen LogP contribution in [0.4, 0.5) is 0 Å². The largest absolute Gasteiger partial charge is 0.334 e. The number of nitrogens with zero attached hydrogens (tertiary/aromatic N) is 1. The number of rotatable bonds is 3. The number of amides is 1. The molecule has 0 aromatic heterocycles. The van der Waals surface area contributed by atoms with Crippen molar-refractivity contribution in [2.24, 2.45) is 0 Å². The van der Waals surface area contributed by atoms with Crippen LogP contribution >= 0.6 is 0 Å². The predicted octanol–water partition coefficient (Wildman–Crippen LogP) is 1.51. The van der Waals surface area contributed by atoms with Crippen LogP contribution in [0.3, 0.4) is 0 Å². The van der Waals surface area contributed by atoms with Crippen molar-refractivity contribution in [2.45, 2.75) is 70.5 Å². The minimum absolute atomic E-state index is 0.0184.